The van der Waals surface area contributed by atoms with Gasteiger partial charge >= 0.3 is 5.97 Å². The van der Waals surface area contributed by atoms with E-state index in [1.807, 2.05) is 0 Å². The molecule has 0 unspecified atom stereocenters. The molecule has 5 nitrogen and oxygen atoms in total. The molecule has 0 radical (unpaired) electrons. The maximum absolute atomic E-state index is 11.5. The van der Waals surface area contributed by atoms with Gasteiger partial charge in [-0.25, -0.2) is 0 Å². The summed E-state index contributed by atoms with van der Waals surface area (Å²) in [5.74, 6) is 0.0630. The average Bonchev–Trinajstić information content (AvgIpc) is 2.42. The van der Waals surface area contributed by atoms with Crippen LogP contribution in [0.3, 0.4) is 0 Å². The van der Waals surface area contributed by atoms with Gasteiger partial charge in [-0.05, 0) is 32.9 Å². The number of carboxylic acids is 1. The summed E-state index contributed by atoms with van der Waals surface area (Å²) in [6, 6.07) is 6.11. The van der Waals surface area contributed by atoms with E-state index in [2.05, 4.69) is 0 Å². The van der Waals surface area contributed by atoms with Gasteiger partial charge in [0.1, 0.15) is 11.8 Å². The number of ketones is 1. The monoisotopic (exact) mass is 311 g/mol. The lowest BCUT2D eigenvalue weighted by Crippen LogP contribution is -2.47. The van der Waals surface area contributed by atoms with Crippen LogP contribution in [0, 0.1) is 0 Å². The molecule has 21 heavy (non-hydrogen) atoms. The van der Waals surface area contributed by atoms with Crippen molar-refractivity contribution >= 4 is 23.5 Å². The third kappa shape index (κ3) is 5.06. The number of nitrogens with two attached hydrogens (primary N) is 1. The molecule has 0 aliphatic carbocycles. The largest absolute Gasteiger partial charge is 0.492 e. The van der Waals surface area contributed by atoms with Crippen LogP contribution in [0.25, 0.3) is 0 Å². The zero-order valence-corrected chi connectivity index (χ0v) is 13.3. The predicted molar refractivity (Wildman–Crippen MR) is 84.1 cm³/mol. The van der Waals surface area contributed by atoms with Crippen molar-refractivity contribution in [2.45, 2.75) is 31.6 Å². The Morgan fingerprint density at radius 1 is 1.38 bits per heavy atom. The van der Waals surface area contributed by atoms with Crippen molar-refractivity contribution in [3.05, 3.63) is 29.8 Å². The second kappa shape index (κ2) is 7.47. The molecule has 1 rings (SSSR count). The van der Waals surface area contributed by atoms with Gasteiger partial charge in [0, 0.05) is 10.5 Å². The van der Waals surface area contributed by atoms with Crippen molar-refractivity contribution in [2.24, 2.45) is 5.73 Å². The van der Waals surface area contributed by atoms with E-state index in [0.29, 0.717) is 23.7 Å². The van der Waals surface area contributed by atoms with E-state index in [0.717, 1.165) is 0 Å². The summed E-state index contributed by atoms with van der Waals surface area (Å²) in [6.45, 7) is 5.45. The number of benzene rings is 1. The number of Topliss-reactive ketones (excluding diaryl/α,β-unsaturated/α-hetero) is 1. The number of rotatable bonds is 8. The first kappa shape index (κ1) is 17.5. The van der Waals surface area contributed by atoms with Gasteiger partial charge in [-0.15, -0.1) is 11.8 Å². The molecule has 0 aromatic heterocycles. The second-order valence-corrected chi connectivity index (χ2v) is 6.92. The molecule has 0 aliphatic rings. The van der Waals surface area contributed by atoms with Gasteiger partial charge in [-0.3, -0.25) is 9.59 Å². The number of carbonyl (C=O) groups is 2. The molecule has 1 aromatic rings. The SMILES string of the molecule is CC(=O)c1ccccc1OCCSC(C)(C)[C@H](N)C(=O)O. The van der Waals surface area contributed by atoms with Crippen molar-refractivity contribution in [1.82, 2.24) is 0 Å². The minimum atomic E-state index is -1.02. The van der Waals surface area contributed by atoms with E-state index < -0.39 is 16.8 Å². The summed E-state index contributed by atoms with van der Waals surface area (Å²) < 4.78 is 5.02. The first-order valence-corrected chi connectivity index (χ1v) is 7.59. The van der Waals surface area contributed by atoms with Crippen LogP contribution >= 0.6 is 11.8 Å². The lowest BCUT2D eigenvalue weighted by Gasteiger charge is -2.27. The molecule has 116 valence electrons. The number of para-hydroxylation sites is 1. The van der Waals surface area contributed by atoms with Crippen LogP contribution < -0.4 is 10.5 Å². The number of thioether (sulfide) groups is 1. The zero-order chi connectivity index (χ0) is 16.0. The molecule has 0 saturated carbocycles. The quantitative estimate of drug-likeness (QED) is 0.565. The lowest BCUT2D eigenvalue weighted by atomic mass is 10.1. The summed E-state index contributed by atoms with van der Waals surface area (Å²) in [6.07, 6.45) is 0. The fourth-order valence-electron chi connectivity index (χ4n) is 1.73. The molecule has 0 bridgehead atoms. The molecular formula is C15H21NO4S. The predicted octanol–water partition coefficient (Wildman–Crippen LogP) is 2.19. The first-order chi connectivity index (χ1) is 9.75. The van der Waals surface area contributed by atoms with Crippen molar-refractivity contribution < 1.29 is 19.4 Å². The number of carbonyl (C=O) groups excluding carboxylic acids is 1. The standard InChI is InChI=1S/C15H21NO4S/c1-10(17)11-6-4-5-7-12(11)20-8-9-21-15(2,3)13(16)14(18)19/h4-7,13H,8-9,16H2,1-3H3,(H,18,19)/t13-/m1/s1. The third-order valence-electron chi connectivity index (χ3n) is 3.10. The highest BCUT2D eigenvalue weighted by atomic mass is 32.2. The summed E-state index contributed by atoms with van der Waals surface area (Å²) in [4.78, 5) is 22.4. The molecule has 0 aliphatic heterocycles. The van der Waals surface area contributed by atoms with Crippen LogP contribution in [0.4, 0.5) is 0 Å². The number of carboxylic acid groups (broad SMARTS) is 1. The van der Waals surface area contributed by atoms with Crippen LogP contribution in [0.5, 0.6) is 5.75 Å². The molecule has 0 amide bonds. The van der Waals surface area contributed by atoms with Crippen LogP contribution in [-0.4, -0.2) is 40.0 Å². The van der Waals surface area contributed by atoms with E-state index in [4.69, 9.17) is 15.6 Å². The molecule has 0 spiro atoms. The van der Waals surface area contributed by atoms with Gasteiger partial charge in [0.15, 0.2) is 5.78 Å². The Bertz CT molecular complexity index is 516. The summed E-state index contributed by atoms with van der Waals surface area (Å²) in [5.41, 5.74) is 6.19. The highest BCUT2D eigenvalue weighted by Crippen LogP contribution is 2.27. The van der Waals surface area contributed by atoms with Gasteiger partial charge in [-0.1, -0.05) is 12.1 Å². The molecule has 0 fully saturated rings. The van der Waals surface area contributed by atoms with E-state index in [-0.39, 0.29) is 5.78 Å². The Kier molecular flexibility index (Phi) is 6.23. The highest BCUT2D eigenvalue weighted by Gasteiger charge is 2.32. The summed E-state index contributed by atoms with van der Waals surface area (Å²) >= 11 is 1.43. The molecule has 0 heterocycles. The van der Waals surface area contributed by atoms with E-state index in [1.54, 1.807) is 38.1 Å². The van der Waals surface area contributed by atoms with Crippen molar-refractivity contribution in [1.29, 1.82) is 0 Å². The second-order valence-electron chi connectivity index (χ2n) is 5.17. The van der Waals surface area contributed by atoms with Gasteiger partial charge < -0.3 is 15.6 Å². The molecule has 6 heteroatoms. The third-order valence-corrected chi connectivity index (χ3v) is 4.47. The molecule has 1 aromatic carbocycles. The maximum atomic E-state index is 11.5. The number of hydrogen-bond donors (Lipinski definition) is 2. The maximum Gasteiger partial charge on any atom is 0.321 e. The molecular weight excluding hydrogens is 290 g/mol. The van der Waals surface area contributed by atoms with Crippen LogP contribution in [0.15, 0.2) is 24.3 Å². The van der Waals surface area contributed by atoms with Gasteiger partial charge in [-0.2, -0.15) is 0 Å². The topological polar surface area (TPSA) is 89.6 Å². The van der Waals surface area contributed by atoms with Gasteiger partial charge in [0.2, 0.25) is 0 Å². The lowest BCUT2D eigenvalue weighted by molar-refractivity contribution is -0.139. The van der Waals surface area contributed by atoms with Crippen LogP contribution in [0.2, 0.25) is 0 Å². The number of ether oxygens (including phenoxy) is 1. The van der Waals surface area contributed by atoms with Crippen molar-refractivity contribution in [3.63, 3.8) is 0 Å². The number of aliphatic carboxylic acids is 1. The normalized spacial score (nSPS) is 12.8. The fourth-order valence-corrected chi connectivity index (χ4v) is 2.70. The highest BCUT2D eigenvalue weighted by molar-refractivity contribution is 8.00. The summed E-state index contributed by atoms with van der Waals surface area (Å²) in [7, 11) is 0. The van der Waals surface area contributed by atoms with Crippen molar-refractivity contribution in [2.75, 3.05) is 12.4 Å². The van der Waals surface area contributed by atoms with E-state index in [1.165, 1.54) is 18.7 Å². The Labute approximate surface area is 128 Å². The smallest absolute Gasteiger partial charge is 0.321 e. The summed E-state index contributed by atoms with van der Waals surface area (Å²) in [5, 5.41) is 8.94. The van der Waals surface area contributed by atoms with Crippen molar-refractivity contribution in [3.8, 4) is 5.75 Å². The average molecular weight is 311 g/mol. The Morgan fingerprint density at radius 3 is 2.57 bits per heavy atom. The fraction of sp³-hybridized carbons (Fsp3) is 0.467. The van der Waals surface area contributed by atoms with E-state index in [9.17, 15) is 9.59 Å². The minimum Gasteiger partial charge on any atom is -0.492 e. The number of hydrogen-bond acceptors (Lipinski definition) is 5. The Balaban J connectivity index is 2.52. The van der Waals surface area contributed by atoms with Gasteiger partial charge in [0.25, 0.3) is 0 Å². The Hall–Kier alpha value is -1.53. The first-order valence-electron chi connectivity index (χ1n) is 6.61. The van der Waals surface area contributed by atoms with Crippen LogP contribution in [-0.2, 0) is 4.79 Å². The zero-order valence-electron chi connectivity index (χ0n) is 12.5. The molecule has 1 atom stereocenters. The Morgan fingerprint density at radius 2 is 2.00 bits per heavy atom. The van der Waals surface area contributed by atoms with Gasteiger partial charge in [0.05, 0.1) is 12.2 Å². The minimum absolute atomic E-state index is 0.0496. The van der Waals surface area contributed by atoms with Crippen LogP contribution in [0.1, 0.15) is 31.1 Å². The van der Waals surface area contributed by atoms with E-state index >= 15 is 0 Å². The molecule has 0 saturated heterocycles. The molecule has 3 N–H and O–H groups in total.